The van der Waals surface area contributed by atoms with Crippen molar-refractivity contribution in [2.45, 2.75) is 12.6 Å². The Hall–Kier alpha value is -2.07. The first-order chi connectivity index (χ1) is 10.3. The second-order valence-electron chi connectivity index (χ2n) is 4.84. The molecule has 0 fully saturated rings. The van der Waals surface area contributed by atoms with Crippen molar-refractivity contribution >= 4 is 23.5 Å². The monoisotopic (exact) mass is 303 g/mol. The van der Waals surface area contributed by atoms with Gasteiger partial charge >= 0.3 is 0 Å². The molecule has 1 aromatic rings. The zero-order valence-corrected chi connectivity index (χ0v) is 12.1. The Kier molecular flexibility index (Phi) is 4.06. The SMILES string of the molecule is Fc1ccc(C2=C(C3=CC=NCC3)NC(/C=C/Cl)N2)cc1. The van der Waals surface area contributed by atoms with Crippen LogP contribution in [0.2, 0.25) is 0 Å². The highest BCUT2D eigenvalue weighted by Crippen LogP contribution is 2.27. The number of halogens is 2. The Labute approximate surface area is 127 Å². The minimum absolute atomic E-state index is 0.0719. The molecule has 2 N–H and O–H groups in total. The van der Waals surface area contributed by atoms with E-state index in [0.29, 0.717) is 0 Å². The fraction of sp³-hybridized carbons (Fsp3) is 0.188. The minimum atomic E-state index is -0.243. The molecule has 0 aliphatic carbocycles. The van der Waals surface area contributed by atoms with Gasteiger partial charge in [-0.2, -0.15) is 0 Å². The van der Waals surface area contributed by atoms with Crippen LogP contribution < -0.4 is 10.6 Å². The summed E-state index contributed by atoms with van der Waals surface area (Å²) < 4.78 is 13.1. The van der Waals surface area contributed by atoms with E-state index in [-0.39, 0.29) is 12.0 Å². The van der Waals surface area contributed by atoms with Crippen LogP contribution >= 0.6 is 11.6 Å². The molecule has 1 aromatic carbocycles. The number of aliphatic imine (C=N–C) groups is 1. The molecule has 0 aromatic heterocycles. The average Bonchev–Trinajstić information content (AvgIpc) is 2.93. The molecule has 2 aliphatic rings. The van der Waals surface area contributed by atoms with Crippen LogP contribution in [0.15, 0.2) is 58.2 Å². The maximum absolute atomic E-state index is 13.1. The van der Waals surface area contributed by atoms with Crippen molar-refractivity contribution in [2.75, 3.05) is 6.54 Å². The average molecular weight is 304 g/mol. The largest absolute Gasteiger partial charge is 0.360 e. The first-order valence-corrected chi connectivity index (χ1v) is 7.21. The van der Waals surface area contributed by atoms with Gasteiger partial charge in [-0.15, -0.1) is 0 Å². The number of nitrogens with zero attached hydrogens (tertiary/aromatic N) is 1. The maximum atomic E-state index is 13.1. The Bertz CT molecular complexity index is 644. The summed E-state index contributed by atoms with van der Waals surface area (Å²) in [5, 5.41) is 6.76. The van der Waals surface area contributed by atoms with E-state index >= 15 is 0 Å². The number of rotatable bonds is 3. The first-order valence-electron chi connectivity index (χ1n) is 6.77. The number of benzene rings is 1. The van der Waals surface area contributed by atoms with E-state index in [4.69, 9.17) is 11.6 Å². The Morgan fingerprint density at radius 1 is 1.19 bits per heavy atom. The van der Waals surface area contributed by atoms with Crippen LogP contribution in [-0.4, -0.2) is 18.9 Å². The molecule has 0 spiro atoms. The van der Waals surface area contributed by atoms with Crippen LogP contribution in [0.1, 0.15) is 12.0 Å². The van der Waals surface area contributed by atoms with Crippen LogP contribution in [0.25, 0.3) is 5.70 Å². The van der Waals surface area contributed by atoms with Gasteiger partial charge in [-0.3, -0.25) is 4.99 Å². The van der Waals surface area contributed by atoms with Gasteiger partial charge in [-0.25, -0.2) is 4.39 Å². The lowest BCUT2D eigenvalue weighted by Crippen LogP contribution is -2.30. The molecule has 2 aliphatic heterocycles. The molecule has 3 nitrogen and oxygen atoms in total. The van der Waals surface area contributed by atoms with E-state index in [1.807, 2.05) is 18.4 Å². The van der Waals surface area contributed by atoms with Crippen LogP contribution in [0, 0.1) is 5.82 Å². The highest BCUT2D eigenvalue weighted by Gasteiger charge is 2.24. The van der Waals surface area contributed by atoms with E-state index in [1.165, 1.54) is 23.2 Å². The maximum Gasteiger partial charge on any atom is 0.123 e. The highest BCUT2D eigenvalue weighted by atomic mass is 35.5. The van der Waals surface area contributed by atoms with Crippen LogP contribution in [0.4, 0.5) is 4.39 Å². The summed E-state index contributed by atoms with van der Waals surface area (Å²) in [6, 6.07) is 6.46. The third-order valence-electron chi connectivity index (χ3n) is 3.46. The second-order valence-corrected chi connectivity index (χ2v) is 5.09. The van der Waals surface area contributed by atoms with Gasteiger partial charge in [0, 0.05) is 18.3 Å². The van der Waals surface area contributed by atoms with E-state index in [2.05, 4.69) is 15.6 Å². The van der Waals surface area contributed by atoms with E-state index in [9.17, 15) is 4.39 Å². The molecule has 0 saturated carbocycles. The van der Waals surface area contributed by atoms with Gasteiger partial charge < -0.3 is 10.6 Å². The summed E-state index contributed by atoms with van der Waals surface area (Å²) in [5.41, 5.74) is 5.57. The van der Waals surface area contributed by atoms with Crippen LogP contribution in [0.5, 0.6) is 0 Å². The van der Waals surface area contributed by atoms with E-state index in [1.54, 1.807) is 12.1 Å². The van der Waals surface area contributed by atoms with Gasteiger partial charge in [-0.1, -0.05) is 11.6 Å². The molecule has 0 radical (unpaired) electrons. The molecule has 0 amide bonds. The molecule has 5 heteroatoms. The number of hydrogen-bond acceptors (Lipinski definition) is 3. The Balaban J connectivity index is 1.99. The van der Waals surface area contributed by atoms with Gasteiger partial charge in [0.1, 0.15) is 12.0 Å². The quantitative estimate of drug-likeness (QED) is 0.900. The van der Waals surface area contributed by atoms with Crippen LogP contribution in [0.3, 0.4) is 0 Å². The first kappa shape index (κ1) is 13.9. The molecule has 0 bridgehead atoms. The molecular formula is C16H15ClFN3. The Morgan fingerprint density at radius 2 is 1.95 bits per heavy atom. The third-order valence-corrected chi connectivity index (χ3v) is 3.61. The summed E-state index contributed by atoms with van der Waals surface area (Å²) in [4.78, 5) is 4.21. The van der Waals surface area contributed by atoms with Gasteiger partial charge in [0.15, 0.2) is 0 Å². The van der Waals surface area contributed by atoms with Gasteiger partial charge in [0.25, 0.3) is 0 Å². The number of nitrogens with one attached hydrogen (secondary N) is 2. The molecule has 2 heterocycles. The molecule has 108 valence electrons. The van der Waals surface area contributed by atoms with Crippen molar-refractivity contribution in [2.24, 2.45) is 4.99 Å². The molecule has 0 saturated heterocycles. The van der Waals surface area contributed by atoms with E-state index < -0.39 is 0 Å². The lowest BCUT2D eigenvalue weighted by atomic mass is 10.0. The second kappa shape index (κ2) is 6.14. The molecule has 3 rings (SSSR count). The van der Waals surface area contributed by atoms with Crippen molar-refractivity contribution in [3.8, 4) is 0 Å². The van der Waals surface area contributed by atoms with Crippen molar-refractivity contribution in [1.29, 1.82) is 0 Å². The molecule has 1 atom stereocenters. The summed E-state index contributed by atoms with van der Waals surface area (Å²) >= 11 is 5.67. The van der Waals surface area contributed by atoms with Gasteiger partial charge in [0.2, 0.25) is 0 Å². The molecule has 1 unspecified atom stereocenters. The van der Waals surface area contributed by atoms with Gasteiger partial charge in [0.05, 0.1) is 11.4 Å². The highest BCUT2D eigenvalue weighted by molar-refractivity contribution is 6.25. The topological polar surface area (TPSA) is 36.4 Å². The van der Waals surface area contributed by atoms with Crippen molar-refractivity contribution in [1.82, 2.24) is 10.6 Å². The van der Waals surface area contributed by atoms with Crippen molar-refractivity contribution < 1.29 is 4.39 Å². The fourth-order valence-corrected chi connectivity index (χ4v) is 2.60. The summed E-state index contributed by atoms with van der Waals surface area (Å²) in [7, 11) is 0. The van der Waals surface area contributed by atoms with E-state index in [0.717, 1.165) is 29.9 Å². The standard InChI is InChI=1S/C16H15ClFN3/c17-8-5-14-20-15(11-1-3-13(18)4-2-11)16(21-14)12-6-9-19-10-7-12/h1-6,8-9,14,20-21H,7,10H2/b8-5+. The zero-order valence-electron chi connectivity index (χ0n) is 11.3. The van der Waals surface area contributed by atoms with Crippen molar-refractivity contribution in [3.63, 3.8) is 0 Å². The zero-order chi connectivity index (χ0) is 14.7. The summed E-state index contributed by atoms with van der Waals surface area (Å²) in [5.74, 6) is -0.243. The normalized spacial score (nSPS) is 21.4. The summed E-state index contributed by atoms with van der Waals surface area (Å²) in [6.45, 7) is 0.781. The lowest BCUT2D eigenvalue weighted by Gasteiger charge is -2.13. The molecular weight excluding hydrogens is 289 g/mol. The molecule has 21 heavy (non-hydrogen) atoms. The predicted molar refractivity (Wildman–Crippen MR) is 84.4 cm³/mol. The smallest absolute Gasteiger partial charge is 0.123 e. The third kappa shape index (κ3) is 3.00. The fourth-order valence-electron chi connectivity index (χ4n) is 2.45. The number of dihydropyridines is 1. The lowest BCUT2D eigenvalue weighted by molar-refractivity contribution is 0.627. The summed E-state index contributed by atoms with van der Waals surface area (Å²) in [6.07, 6.45) is 6.46. The number of hydrogen-bond donors (Lipinski definition) is 2. The Morgan fingerprint density at radius 3 is 2.62 bits per heavy atom. The minimum Gasteiger partial charge on any atom is -0.360 e. The van der Waals surface area contributed by atoms with Gasteiger partial charge in [-0.05, 0) is 54.0 Å². The number of allylic oxidation sites excluding steroid dienone is 2. The predicted octanol–water partition coefficient (Wildman–Crippen LogP) is 3.17. The van der Waals surface area contributed by atoms with Crippen LogP contribution in [-0.2, 0) is 0 Å². The van der Waals surface area contributed by atoms with Crippen molar-refractivity contribution in [3.05, 3.63) is 64.6 Å².